The highest BCUT2D eigenvalue weighted by Crippen LogP contribution is 2.25. The molecule has 11 nitrogen and oxygen atoms in total. The lowest BCUT2D eigenvalue weighted by Gasteiger charge is -1.92. The van der Waals surface area contributed by atoms with Gasteiger partial charge in [-0.25, -0.2) is 14.2 Å². The number of hydrogen-bond donors (Lipinski definition) is 5. The Labute approximate surface area is 92.6 Å². The highest BCUT2D eigenvalue weighted by Gasteiger charge is 2.11. The van der Waals surface area contributed by atoms with Crippen molar-refractivity contribution in [2.45, 2.75) is 0 Å². The minimum Gasteiger partial charge on any atom is -0.476 e. The third kappa shape index (κ3) is 7.93. The summed E-state index contributed by atoms with van der Waals surface area (Å²) in [6.07, 6.45) is 0. The second-order valence-corrected chi connectivity index (χ2v) is 3.35. The van der Waals surface area contributed by atoms with Gasteiger partial charge in [0.25, 0.3) is 0 Å². The van der Waals surface area contributed by atoms with Crippen LogP contribution in [-0.2, 0) is 4.57 Å². The quantitative estimate of drug-likeness (QED) is 0.385. The van der Waals surface area contributed by atoms with Crippen molar-refractivity contribution < 1.29 is 39.0 Å². The summed E-state index contributed by atoms with van der Waals surface area (Å²) in [6, 6.07) is 0.831. The molecule has 0 aliphatic heterocycles. The number of phosphoric acid groups is 1. The van der Waals surface area contributed by atoms with Gasteiger partial charge < -0.3 is 24.9 Å². The van der Waals surface area contributed by atoms with Crippen LogP contribution in [0, 0.1) is 0 Å². The largest absolute Gasteiger partial charge is 0.476 e. The first kappa shape index (κ1) is 15.1. The Kier molecular flexibility index (Phi) is 5.28. The van der Waals surface area contributed by atoms with Crippen LogP contribution in [0.2, 0.25) is 0 Å². The van der Waals surface area contributed by atoms with Gasteiger partial charge in [0.15, 0.2) is 11.4 Å². The van der Waals surface area contributed by atoms with Crippen molar-refractivity contribution >= 4 is 19.8 Å². The smallest absolute Gasteiger partial charge is 0.466 e. The second kappa shape index (κ2) is 5.96. The Hall–Kier alpha value is -1.94. The molecule has 17 heavy (non-hydrogen) atoms. The molecule has 0 aliphatic carbocycles. The number of nitrogens with zero attached hydrogens (tertiary/aromatic N) is 3. The first-order valence-electron chi connectivity index (χ1n) is 3.56. The topological polar surface area (TPSA) is 191 Å². The average molecular weight is 267 g/mol. The molecular formula is C5H6N3O8P. The monoisotopic (exact) mass is 267 g/mol. The number of aromatic carboxylic acids is 2. The molecule has 1 rings (SSSR count). The van der Waals surface area contributed by atoms with Crippen molar-refractivity contribution in [3.63, 3.8) is 0 Å². The van der Waals surface area contributed by atoms with Gasteiger partial charge in [-0.3, -0.25) is 0 Å². The molecule has 0 saturated heterocycles. The van der Waals surface area contributed by atoms with Crippen LogP contribution in [0.15, 0.2) is 6.07 Å². The van der Waals surface area contributed by atoms with E-state index in [9.17, 15) is 9.59 Å². The molecule has 0 fully saturated rings. The molecule has 0 unspecified atom stereocenters. The van der Waals surface area contributed by atoms with Gasteiger partial charge in [0.1, 0.15) is 0 Å². The fraction of sp³-hybridized carbons (Fsp3) is 0. The van der Waals surface area contributed by atoms with Crippen LogP contribution in [0.25, 0.3) is 0 Å². The predicted octanol–water partition coefficient (Wildman–Crippen LogP) is -1.66. The van der Waals surface area contributed by atoms with Gasteiger partial charge in [0.05, 0.1) is 0 Å². The molecule has 0 amide bonds. The van der Waals surface area contributed by atoms with E-state index in [4.69, 9.17) is 29.5 Å². The Morgan fingerprint density at radius 1 is 1.00 bits per heavy atom. The first-order chi connectivity index (χ1) is 7.61. The van der Waals surface area contributed by atoms with Crippen molar-refractivity contribution in [3.05, 3.63) is 17.5 Å². The Balaban J connectivity index is 0.000000437. The van der Waals surface area contributed by atoms with E-state index in [0.717, 1.165) is 6.07 Å². The first-order valence-corrected chi connectivity index (χ1v) is 5.13. The zero-order valence-corrected chi connectivity index (χ0v) is 8.72. The second-order valence-electron chi connectivity index (χ2n) is 2.33. The lowest BCUT2D eigenvalue weighted by atomic mass is 10.3. The van der Waals surface area contributed by atoms with Crippen molar-refractivity contribution in [1.82, 2.24) is 15.4 Å². The number of carbonyl (C=O) groups is 2. The van der Waals surface area contributed by atoms with Gasteiger partial charge in [-0.2, -0.15) is 0 Å². The molecule has 1 aromatic rings. The van der Waals surface area contributed by atoms with Crippen molar-refractivity contribution in [2.75, 3.05) is 0 Å². The van der Waals surface area contributed by atoms with Crippen LogP contribution >= 0.6 is 7.82 Å². The number of carboxylic acids is 2. The standard InChI is InChI=1S/C5H3N3O4.H3O4P/c9-4(10)2-1-3(5(11)12)7-8-6-2;1-5(2,3)4/h1H,(H,9,10)(H,11,12);(H3,1,2,3,4). The minimum absolute atomic E-state index is 0.442. The van der Waals surface area contributed by atoms with E-state index in [1.807, 2.05) is 0 Å². The van der Waals surface area contributed by atoms with Gasteiger partial charge in [-0.05, 0) is 5.21 Å². The van der Waals surface area contributed by atoms with Gasteiger partial charge in [0, 0.05) is 6.07 Å². The molecule has 0 aliphatic rings. The van der Waals surface area contributed by atoms with Crippen LogP contribution in [0.1, 0.15) is 21.0 Å². The zero-order valence-electron chi connectivity index (χ0n) is 7.83. The molecule has 94 valence electrons. The lowest BCUT2D eigenvalue weighted by molar-refractivity contribution is 0.0685. The molecular weight excluding hydrogens is 261 g/mol. The molecule has 5 N–H and O–H groups in total. The van der Waals surface area contributed by atoms with Gasteiger partial charge in [0.2, 0.25) is 0 Å². The van der Waals surface area contributed by atoms with E-state index in [1.165, 1.54) is 0 Å². The summed E-state index contributed by atoms with van der Waals surface area (Å²) in [5.74, 6) is -2.68. The van der Waals surface area contributed by atoms with E-state index in [-0.39, 0.29) is 0 Å². The van der Waals surface area contributed by atoms with Crippen molar-refractivity contribution in [1.29, 1.82) is 0 Å². The van der Waals surface area contributed by atoms with Crippen LogP contribution in [0.3, 0.4) is 0 Å². The summed E-state index contributed by atoms with van der Waals surface area (Å²) < 4.78 is 8.88. The highest BCUT2D eigenvalue weighted by molar-refractivity contribution is 7.45. The normalized spacial score (nSPS) is 10.1. The maximum Gasteiger partial charge on any atom is 0.466 e. The Morgan fingerprint density at radius 3 is 1.53 bits per heavy atom. The van der Waals surface area contributed by atoms with E-state index >= 15 is 0 Å². The maximum atomic E-state index is 10.3. The maximum absolute atomic E-state index is 10.3. The number of aromatic nitrogens is 3. The molecule has 1 heterocycles. The Bertz CT molecular complexity index is 432. The van der Waals surface area contributed by atoms with E-state index in [0.29, 0.717) is 0 Å². The average Bonchev–Trinajstić information content (AvgIpc) is 2.15. The van der Waals surface area contributed by atoms with Gasteiger partial charge in [-0.1, -0.05) is 0 Å². The molecule has 0 saturated carbocycles. The third-order valence-electron chi connectivity index (χ3n) is 1.02. The zero-order chi connectivity index (χ0) is 13.6. The molecule has 0 spiro atoms. The van der Waals surface area contributed by atoms with Crippen LogP contribution in [0.5, 0.6) is 0 Å². The molecule has 0 atom stereocenters. The summed E-state index contributed by atoms with van der Waals surface area (Å²) in [6.45, 7) is 0. The predicted molar refractivity (Wildman–Crippen MR) is 48.0 cm³/mol. The SMILES string of the molecule is O=C(O)c1cc(C(=O)O)nnn1.O=P(O)(O)O. The third-order valence-corrected chi connectivity index (χ3v) is 1.02. The van der Waals surface area contributed by atoms with E-state index < -0.39 is 31.1 Å². The highest BCUT2D eigenvalue weighted by atomic mass is 31.2. The minimum atomic E-state index is -4.64. The fourth-order valence-corrected chi connectivity index (χ4v) is 0.515. The summed E-state index contributed by atoms with van der Waals surface area (Å²) >= 11 is 0. The Morgan fingerprint density at radius 2 is 1.29 bits per heavy atom. The summed E-state index contributed by atoms with van der Waals surface area (Å²) in [5.41, 5.74) is -0.884. The number of rotatable bonds is 2. The summed E-state index contributed by atoms with van der Waals surface area (Å²) in [7, 11) is -4.64. The lowest BCUT2D eigenvalue weighted by Crippen LogP contribution is -2.09. The molecule has 1 aromatic heterocycles. The van der Waals surface area contributed by atoms with E-state index in [1.54, 1.807) is 0 Å². The van der Waals surface area contributed by atoms with Crippen molar-refractivity contribution in [2.24, 2.45) is 0 Å². The van der Waals surface area contributed by atoms with Crippen LogP contribution in [-0.4, -0.2) is 52.2 Å². The van der Waals surface area contributed by atoms with E-state index in [2.05, 4.69) is 15.4 Å². The van der Waals surface area contributed by atoms with Gasteiger partial charge in [-0.15, -0.1) is 10.2 Å². The summed E-state index contributed by atoms with van der Waals surface area (Å²) in [5, 5.41) is 25.9. The summed E-state index contributed by atoms with van der Waals surface area (Å²) in [4.78, 5) is 42.1. The number of hydrogen-bond acceptors (Lipinski definition) is 6. The van der Waals surface area contributed by atoms with Gasteiger partial charge >= 0.3 is 19.8 Å². The van der Waals surface area contributed by atoms with Crippen LogP contribution < -0.4 is 0 Å². The molecule has 0 bridgehead atoms. The molecule has 12 heteroatoms. The molecule has 0 aromatic carbocycles. The fourth-order valence-electron chi connectivity index (χ4n) is 0.515. The van der Waals surface area contributed by atoms with Crippen LogP contribution in [0.4, 0.5) is 0 Å². The number of carboxylic acid groups (broad SMARTS) is 2. The molecule has 0 radical (unpaired) electrons. The van der Waals surface area contributed by atoms with Crippen molar-refractivity contribution in [3.8, 4) is 0 Å².